The molecule has 0 spiro atoms. The number of benzene rings is 3. The normalized spacial score (nSPS) is 23.3. The number of carbonyl (C=O) groups excluding carboxylic acids is 1. The molecular formula is C36H42Cl3N3O5S. The minimum atomic E-state index is -3.89. The lowest BCUT2D eigenvalue weighted by Gasteiger charge is -2.47. The maximum absolute atomic E-state index is 15.0. The van der Waals surface area contributed by atoms with Gasteiger partial charge in [-0.25, -0.2) is 13.2 Å². The van der Waals surface area contributed by atoms with Crippen molar-refractivity contribution in [2.45, 2.75) is 76.5 Å². The number of nitrogens with zero attached hydrogens (tertiary/aromatic N) is 3. The lowest BCUT2D eigenvalue weighted by atomic mass is 9.71. The largest absolute Gasteiger partial charge is 0.493 e. The van der Waals surface area contributed by atoms with Gasteiger partial charge in [0.15, 0.2) is 9.84 Å². The molecule has 0 aromatic heterocycles. The molecule has 3 atom stereocenters. The van der Waals surface area contributed by atoms with Crippen LogP contribution in [-0.2, 0) is 20.9 Å². The van der Waals surface area contributed by atoms with Crippen LogP contribution < -0.4 is 4.74 Å². The highest BCUT2D eigenvalue weighted by Crippen LogP contribution is 2.54. The fourth-order valence-electron chi connectivity index (χ4n) is 6.71. The van der Waals surface area contributed by atoms with E-state index in [-0.39, 0.29) is 46.4 Å². The van der Waals surface area contributed by atoms with Crippen LogP contribution >= 0.6 is 34.8 Å². The summed E-state index contributed by atoms with van der Waals surface area (Å²) in [5.74, 6) is 0.340. The molecule has 48 heavy (non-hydrogen) atoms. The molecule has 0 bridgehead atoms. The number of urea groups is 1. The van der Waals surface area contributed by atoms with E-state index in [1.807, 2.05) is 65.8 Å². The summed E-state index contributed by atoms with van der Waals surface area (Å²) in [5, 5.41) is 11.7. The van der Waals surface area contributed by atoms with Gasteiger partial charge in [0.2, 0.25) is 0 Å². The maximum atomic E-state index is 15.0. The summed E-state index contributed by atoms with van der Waals surface area (Å²) in [6, 6.07) is 17.1. The molecule has 2 heterocycles. The Balaban J connectivity index is 1.86. The summed E-state index contributed by atoms with van der Waals surface area (Å²) < 4.78 is 33.8. The maximum Gasteiger partial charge on any atom is 0.326 e. The van der Waals surface area contributed by atoms with Gasteiger partial charge in [-0.2, -0.15) is 0 Å². The van der Waals surface area contributed by atoms with Crippen molar-refractivity contribution in [2.75, 3.05) is 25.4 Å². The van der Waals surface area contributed by atoms with E-state index in [4.69, 9.17) is 44.5 Å². The third-order valence-corrected chi connectivity index (χ3v) is 12.3. The molecule has 1 saturated heterocycles. The number of amides is 2. The molecule has 2 aliphatic heterocycles. The van der Waals surface area contributed by atoms with E-state index in [9.17, 15) is 18.3 Å². The SMILES string of the molecule is CCOc1cc(Cl)c(S(=O)(=O)CC(C)(C)C)cc1C1=N[C@@](C)(c2ccc(Cl)cc2)[C@@](C)(c2ccc(Cl)cc2)N1C(=O)N1CCCC(O)C1. The molecule has 3 aromatic carbocycles. The number of sulfone groups is 1. The number of halogens is 3. The molecule has 12 heteroatoms. The third kappa shape index (κ3) is 6.81. The van der Waals surface area contributed by atoms with Crippen molar-refractivity contribution in [3.05, 3.63) is 92.4 Å². The first kappa shape index (κ1) is 36.5. The number of aliphatic imine (C=N–C) groups is 1. The van der Waals surface area contributed by atoms with Crippen molar-refractivity contribution < 1.29 is 23.1 Å². The molecule has 258 valence electrons. The van der Waals surface area contributed by atoms with Crippen molar-refractivity contribution in [3.8, 4) is 5.75 Å². The van der Waals surface area contributed by atoms with Gasteiger partial charge in [-0.15, -0.1) is 0 Å². The molecular weight excluding hydrogens is 693 g/mol. The van der Waals surface area contributed by atoms with Crippen LogP contribution in [0.1, 0.15) is 71.1 Å². The average Bonchev–Trinajstić information content (AvgIpc) is 3.24. The van der Waals surface area contributed by atoms with Gasteiger partial charge in [-0.1, -0.05) is 79.8 Å². The molecule has 5 rings (SSSR count). The van der Waals surface area contributed by atoms with Gasteiger partial charge < -0.3 is 14.7 Å². The van der Waals surface area contributed by atoms with E-state index in [1.165, 1.54) is 12.1 Å². The summed E-state index contributed by atoms with van der Waals surface area (Å²) in [6.07, 6.45) is 0.529. The van der Waals surface area contributed by atoms with E-state index in [0.29, 0.717) is 35.0 Å². The van der Waals surface area contributed by atoms with Gasteiger partial charge in [-0.3, -0.25) is 9.89 Å². The summed E-state index contributed by atoms with van der Waals surface area (Å²) in [7, 11) is -3.89. The van der Waals surface area contributed by atoms with Gasteiger partial charge in [0, 0.05) is 29.2 Å². The second-order valence-electron chi connectivity index (χ2n) is 14.0. The molecule has 1 unspecified atom stereocenters. The highest BCUT2D eigenvalue weighted by molar-refractivity contribution is 7.91. The Labute approximate surface area is 298 Å². The van der Waals surface area contributed by atoms with E-state index in [2.05, 4.69) is 0 Å². The topological polar surface area (TPSA) is 99.5 Å². The van der Waals surface area contributed by atoms with Crippen molar-refractivity contribution in [1.29, 1.82) is 0 Å². The fraction of sp³-hybridized carbons (Fsp3) is 0.444. The Morgan fingerprint density at radius 2 is 1.58 bits per heavy atom. The molecule has 0 radical (unpaired) electrons. The molecule has 2 amide bonds. The van der Waals surface area contributed by atoms with Gasteiger partial charge in [0.1, 0.15) is 22.7 Å². The number of piperidine rings is 1. The number of aliphatic hydroxyl groups is 1. The van der Waals surface area contributed by atoms with Gasteiger partial charge >= 0.3 is 6.03 Å². The number of carbonyl (C=O) groups is 1. The monoisotopic (exact) mass is 733 g/mol. The predicted octanol–water partition coefficient (Wildman–Crippen LogP) is 8.34. The van der Waals surface area contributed by atoms with E-state index in [0.717, 1.165) is 11.1 Å². The predicted molar refractivity (Wildman–Crippen MR) is 192 cm³/mol. The minimum absolute atomic E-state index is 0.0167. The number of hydrogen-bond acceptors (Lipinski definition) is 6. The van der Waals surface area contributed by atoms with Gasteiger partial charge in [0.05, 0.1) is 33.9 Å². The number of aliphatic hydroxyl groups excluding tert-OH is 1. The quantitative estimate of drug-likeness (QED) is 0.263. The number of hydrogen-bond donors (Lipinski definition) is 1. The lowest BCUT2D eigenvalue weighted by Crippen LogP contribution is -2.59. The van der Waals surface area contributed by atoms with Crippen LogP contribution in [0, 0.1) is 5.41 Å². The Kier molecular flexibility index (Phi) is 10.2. The van der Waals surface area contributed by atoms with E-state index in [1.54, 1.807) is 34.1 Å². The van der Waals surface area contributed by atoms with Gasteiger partial charge in [0.25, 0.3) is 0 Å². The zero-order valence-electron chi connectivity index (χ0n) is 28.1. The van der Waals surface area contributed by atoms with E-state index >= 15 is 0 Å². The number of β-amino-alcohol motifs (C(OH)–C–C–N with tert-alkyl or cyclic N) is 1. The molecule has 8 nitrogen and oxygen atoms in total. The summed E-state index contributed by atoms with van der Waals surface area (Å²) in [5.41, 5.74) is -1.09. The molecule has 0 saturated carbocycles. The summed E-state index contributed by atoms with van der Waals surface area (Å²) >= 11 is 19.4. The van der Waals surface area contributed by atoms with Crippen molar-refractivity contribution in [3.63, 3.8) is 0 Å². The molecule has 3 aromatic rings. The van der Waals surface area contributed by atoms with Crippen molar-refractivity contribution >= 4 is 56.5 Å². The number of likely N-dealkylation sites (tertiary alicyclic amines) is 1. The van der Waals surface area contributed by atoms with Gasteiger partial charge in [-0.05, 0) is 80.5 Å². The lowest BCUT2D eigenvalue weighted by molar-refractivity contribution is 0.0596. The minimum Gasteiger partial charge on any atom is -0.493 e. The standard InChI is InChI=1S/C36H42Cl3N3O5S/c1-7-47-30-20-29(39)31(48(45,46)22-34(2,3)4)19-28(30)32-40-35(5,23-10-14-25(37)15-11-23)36(6,24-12-16-26(38)17-13-24)42(32)33(44)41-18-8-9-27(43)21-41/h10-17,19-20,27,43H,7-9,18,21-22H2,1-6H3/t27?,35-,36+/m0/s1. The third-order valence-electron chi connectivity index (χ3n) is 9.14. The fourth-order valence-corrected chi connectivity index (χ4v) is 9.42. The summed E-state index contributed by atoms with van der Waals surface area (Å²) in [6.45, 7) is 12.0. The second kappa shape index (κ2) is 13.5. The van der Waals surface area contributed by atoms with Crippen molar-refractivity contribution in [2.24, 2.45) is 10.4 Å². The summed E-state index contributed by atoms with van der Waals surface area (Å²) in [4.78, 5) is 23.5. The Hall–Kier alpha value is -2.82. The second-order valence-corrected chi connectivity index (χ2v) is 17.2. The highest BCUT2D eigenvalue weighted by Gasteiger charge is 2.60. The van der Waals surface area contributed by atoms with Crippen LogP contribution in [0.3, 0.4) is 0 Å². The first-order chi connectivity index (χ1) is 22.4. The number of rotatable bonds is 7. The van der Waals surface area contributed by atoms with Crippen LogP contribution in [0.4, 0.5) is 4.79 Å². The van der Waals surface area contributed by atoms with E-state index < -0.39 is 32.4 Å². The molecule has 1 fully saturated rings. The first-order valence-corrected chi connectivity index (χ1v) is 18.8. The molecule has 1 N–H and O–H groups in total. The smallest absolute Gasteiger partial charge is 0.326 e. The van der Waals surface area contributed by atoms with Crippen LogP contribution in [0.25, 0.3) is 0 Å². The van der Waals surface area contributed by atoms with Crippen LogP contribution in [-0.4, -0.2) is 66.7 Å². The van der Waals surface area contributed by atoms with Crippen LogP contribution in [0.15, 0.2) is 70.6 Å². The molecule has 2 aliphatic rings. The number of amidine groups is 1. The highest BCUT2D eigenvalue weighted by atomic mass is 35.5. The first-order valence-electron chi connectivity index (χ1n) is 16.0. The van der Waals surface area contributed by atoms with Crippen LogP contribution in [0.2, 0.25) is 15.1 Å². The zero-order chi connectivity index (χ0) is 35.2. The Morgan fingerprint density at radius 1 is 1.00 bits per heavy atom. The Bertz CT molecular complexity index is 1830. The number of ether oxygens (including phenoxy) is 1. The Morgan fingerprint density at radius 3 is 2.12 bits per heavy atom. The zero-order valence-corrected chi connectivity index (χ0v) is 31.1. The molecule has 0 aliphatic carbocycles. The van der Waals surface area contributed by atoms with Crippen LogP contribution in [0.5, 0.6) is 5.75 Å². The van der Waals surface area contributed by atoms with Crippen molar-refractivity contribution in [1.82, 2.24) is 9.80 Å². The average molecular weight is 735 g/mol.